The van der Waals surface area contributed by atoms with E-state index in [4.69, 9.17) is 9.47 Å². The Morgan fingerprint density at radius 3 is 2.46 bits per heavy atom. The van der Waals surface area contributed by atoms with Crippen molar-refractivity contribution in [3.8, 4) is 16.3 Å². The Bertz CT molecular complexity index is 826. The molecule has 1 aromatic heterocycles. The number of esters is 1. The van der Waals surface area contributed by atoms with Gasteiger partial charge in [-0.1, -0.05) is 42.5 Å². The SMILES string of the molecule is COc1ccc(COC(=O)c2sc(-c3ccccc3)nc2C)cc1. The van der Waals surface area contributed by atoms with Crippen LogP contribution in [-0.2, 0) is 11.3 Å². The number of hydrogen-bond donors (Lipinski definition) is 0. The van der Waals surface area contributed by atoms with Crippen molar-refractivity contribution in [2.45, 2.75) is 13.5 Å². The second-order valence-corrected chi connectivity index (χ2v) is 6.22. The summed E-state index contributed by atoms with van der Waals surface area (Å²) >= 11 is 1.36. The van der Waals surface area contributed by atoms with Gasteiger partial charge in [-0.25, -0.2) is 9.78 Å². The lowest BCUT2D eigenvalue weighted by Crippen LogP contribution is -2.04. The van der Waals surface area contributed by atoms with Gasteiger partial charge in [-0.15, -0.1) is 11.3 Å². The lowest BCUT2D eigenvalue weighted by atomic mass is 10.2. The first-order valence-electron chi connectivity index (χ1n) is 7.50. The van der Waals surface area contributed by atoms with E-state index in [-0.39, 0.29) is 12.6 Å². The molecule has 0 spiro atoms. The Hall–Kier alpha value is -2.66. The Kier molecular flexibility index (Phi) is 4.91. The number of carbonyl (C=O) groups excluding carboxylic acids is 1. The topological polar surface area (TPSA) is 48.4 Å². The van der Waals surface area contributed by atoms with E-state index < -0.39 is 0 Å². The van der Waals surface area contributed by atoms with Crippen LogP contribution in [0.1, 0.15) is 20.9 Å². The molecule has 0 aliphatic carbocycles. The average Bonchev–Trinajstić information content (AvgIpc) is 3.03. The zero-order valence-corrected chi connectivity index (χ0v) is 14.3. The number of aryl methyl sites for hydroxylation is 1. The van der Waals surface area contributed by atoms with E-state index in [1.165, 1.54) is 11.3 Å². The molecule has 3 rings (SSSR count). The Balaban J connectivity index is 1.69. The van der Waals surface area contributed by atoms with Crippen molar-refractivity contribution in [2.75, 3.05) is 7.11 Å². The Morgan fingerprint density at radius 2 is 1.79 bits per heavy atom. The number of methoxy groups -OCH3 is 1. The number of hydrogen-bond acceptors (Lipinski definition) is 5. The Labute approximate surface area is 144 Å². The van der Waals surface area contributed by atoms with Crippen LogP contribution in [0.4, 0.5) is 0 Å². The molecule has 0 saturated heterocycles. The second kappa shape index (κ2) is 7.27. The van der Waals surface area contributed by atoms with Crippen LogP contribution in [0.15, 0.2) is 54.6 Å². The lowest BCUT2D eigenvalue weighted by molar-refractivity contribution is 0.0477. The highest BCUT2D eigenvalue weighted by Gasteiger charge is 2.17. The van der Waals surface area contributed by atoms with Crippen molar-refractivity contribution in [3.05, 3.63) is 70.7 Å². The molecule has 0 amide bonds. The Morgan fingerprint density at radius 1 is 1.08 bits per heavy atom. The fraction of sp³-hybridized carbons (Fsp3) is 0.158. The summed E-state index contributed by atoms with van der Waals surface area (Å²) < 4.78 is 10.5. The average molecular weight is 339 g/mol. The molecule has 0 N–H and O–H groups in total. The third-order valence-electron chi connectivity index (χ3n) is 3.53. The highest BCUT2D eigenvalue weighted by Crippen LogP contribution is 2.28. The molecule has 0 atom stereocenters. The number of aromatic nitrogens is 1. The van der Waals surface area contributed by atoms with Crippen LogP contribution in [0, 0.1) is 6.92 Å². The summed E-state index contributed by atoms with van der Waals surface area (Å²) in [4.78, 5) is 17.4. The number of ether oxygens (including phenoxy) is 2. The quantitative estimate of drug-likeness (QED) is 0.643. The van der Waals surface area contributed by atoms with E-state index in [9.17, 15) is 4.79 Å². The zero-order chi connectivity index (χ0) is 16.9. The number of thiazole rings is 1. The first kappa shape index (κ1) is 16.2. The molecular formula is C19H17NO3S. The highest BCUT2D eigenvalue weighted by atomic mass is 32.1. The normalized spacial score (nSPS) is 10.4. The van der Waals surface area contributed by atoms with Gasteiger partial charge in [-0.05, 0) is 24.6 Å². The zero-order valence-electron chi connectivity index (χ0n) is 13.5. The molecule has 0 bridgehead atoms. The fourth-order valence-corrected chi connectivity index (χ4v) is 3.19. The molecule has 0 saturated carbocycles. The minimum atomic E-state index is -0.344. The van der Waals surface area contributed by atoms with E-state index in [2.05, 4.69) is 4.98 Å². The first-order chi connectivity index (χ1) is 11.7. The summed E-state index contributed by atoms with van der Waals surface area (Å²) in [5, 5.41) is 0.824. The third kappa shape index (κ3) is 3.63. The number of carbonyl (C=O) groups is 1. The summed E-state index contributed by atoms with van der Waals surface area (Å²) in [5.41, 5.74) is 2.60. The largest absolute Gasteiger partial charge is 0.497 e. The van der Waals surface area contributed by atoms with Crippen molar-refractivity contribution in [2.24, 2.45) is 0 Å². The van der Waals surface area contributed by atoms with Crippen molar-refractivity contribution in [1.29, 1.82) is 0 Å². The van der Waals surface area contributed by atoms with Gasteiger partial charge in [0.25, 0.3) is 0 Å². The van der Waals surface area contributed by atoms with Gasteiger partial charge in [0.1, 0.15) is 22.2 Å². The molecule has 2 aromatic carbocycles. The fourth-order valence-electron chi connectivity index (χ4n) is 2.23. The summed E-state index contributed by atoms with van der Waals surface area (Å²) in [6, 6.07) is 17.2. The number of benzene rings is 2. The molecule has 0 aliphatic heterocycles. The van der Waals surface area contributed by atoms with Crippen molar-refractivity contribution < 1.29 is 14.3 Å². The highest BCUT2D eigenvalue weighted by molar-refractivity contribution is 7.17. The van der Waals surface area contributed by atoms with Crippen LogP contribution >= 0.6 is 11.3 Å². The van der Waals surface area contributed by atoms with Crippen LogP contribution in [0.5, 0.6) is 5.75 Å². The summed E-state index contributed by atoms with van der Waals surface area (Å²) in [6.45, 7) is 2.05. The maximum absolute atomic E-state index is 12.3. The van der Waals surface area contributed by atoms with Crippen LogP contribution in [0.3, 0.4) is 0 Å². The van der Waals surface area contributed by atoms with Gasteiger partial charge in [0.2, 0.25) is 0 Å². The van der Waals surface area contributed by atoms with Gasteiger partial charge >= 0.3 is 5.97 Å². The molecule has 24 heavy (non-hydrogen) atoms. The van der Waals surface area contributed by atoms with Crippen LogP contribution in [0.25, 0.3) is 10.6 Å². The van der Waals surface area contributed by atoms with Crippen molar-refractivity contribution in [1.82, 2.24) is 4.98 Å². The van der Waals surface area contributed by atoms with E-state index in [1.54, 1.807) is 7.11 Å². The minimum absolute atomic E-state index is 0.223. The molecule has 3 aromatic rings. The van der Waals surface area contributed by atoms with E-state index in [0.717, 1.165) is 21.9 Å². The van der Waals surface area contributed by atoms with Crippen LogP contribution < -0.4 is 4.74 Å². The number of rotatable bonds is 5. The summed E-state index contributed by atoms with van der Waals surface area (Å²) in [7, 11) is 1.62. The van der Waals surface area contributed by atoms with E-state index in [1.807, 2.05) is 61.5 Å². The standard InChI is InChI=1S/C19H17NO3S/c1-13-17(24-18(20-13)15-6-4-3-5-7-15)19(21)23-12-14-8-10-16(22-2)11-9-14/h3-11H,12H2,1-2H3. The monoisotopic (exact) mass is 339 g/mol. The van der Waals surface area contributed by atoms with Crippen molar-refractivity contribution >= 4 is 17.3 Å². The van der Waals surface area contributed by atoms with Gasteiger partial charge in [-0.3, -0.25) is 0 Å². The first-order valence-corrected chi connectivity index (χ1v) is 8.32. The molecule has 0 fully saturated rings. The van der Waals surface area contributed by atoms with Crippen molar-refractivity contribution in [3.63, 3.8) is 0 Å². The van der Waals surface area contributed by atoms with Gasteiger partial charge in [-0.2, -0.15) is 0 Å². The van der Waals surface area contributed by atoms with E-state index in [0.29, 0.717) is 10.6 Å². The molecule has 0 unspecified atom stereocenters. The van der Waals surface area contributed by atoms with Crippen LogP contribution in [-0.4, -0.2) is 18.1 Å². The van der Waals surface area contributed by atoms with Gasteiger partial charge in [0, 0.05) is 5.56 Å². The summed E-state index contributed by atoms with van der Waals surface area (Å²) in [5.74, 6) is 0.430. The predicted molar refractivity (Wildman–Crippen MR) is 94.4 cm³/mol. The molecule has 1 heterocycles. The second-order valence-electron chi connectivity index (χ2n) is 5.22. The molecule has 4 nitrogen and oxygen atoms in total. The molecular weight excluding hydrogens is 322 g/mol. The maximum atomic E-state index is 12.3. The molecule has 0 aliphatic rings. The predicted octanol–water partition coefficient (Wildman–Crippen LogP) is 4.48. The number of nitrogens with zero attached hydrogens (tertiary/aromatic N) is 1. The molecule has 122 valence electrons. The van der Waals surface area contributed by atoms with Gasteiger partial charge < -0.3 is 9.47 Å². The smallest absolute Gasteiger partial charge is 0.350 e. The lowest BCUT2D eigenvalue weighted by Gasteiger charge is -2.05. The minimum Gasteiger partial charge on any atom is -0.497 e. The maximum Gasteiger partial charge on any atom is 0.350 e. The van der Waals surface area contributed by atoms with Gasteiger partial charge in [0.05, 0.1) is 12.8 Å². The third-order valence-corrected chi connectivity index (χ3v) is 4.72. The van der Waals surface area contributed by atoms with Crippen LogP contribution in [0.2, 0.25) is 0 Å². The molecule has 0 radical (unpaired) electrons. The molecule has 5 heteroatoms. The van der Waals surface area contributed by atoms with E-state index >= 15 is 0 Å². The van der Waals surface area contributed by atoms with Gasteiger partial charge in [0.15, 0.2) is 0 Å². The summed E-state index contributed by atoms with van der Waals surface area (Å²) in [6.07, 6.45) is 0.